The highest BCUT2D eigenvalue weighted by Crippen LogP contribution is 2.24. The molecule has 0 aromatic heterocycles. The van der Waals surface area contributed by atoms with Crippen LogP contribution in [0.5, 0.6) is 0 Å². The first-order chi connectivity index (χ1) is 9.20. The van der Waals surface area contributed by atoms with E-state index >= 15 is 0 Å². The van der Waals surface area contributed by atoms with Crippen LogP contribution in [0, 0.1) is 5.82 Å². The summed E-state index contributed by atoms with van der Waals surface area (Å²) in [6.45, 7) is 2.96. The van der Waals surface area contributed by atoms with E-state index in [0.717, 1.165) is 18.5 Å². The fraction of sp³-hybridized carbons (Fsp3) is 0.250. The molecule has 3 heteroatoms. The Labute approximate surface area is 122 Å². The second kappa shape index (κ2) is 6.83. The quantitative estimate of drug-likeness (QED) is 0.856. The Bertz CT molecular complexity index is 528. The molecule has 0 heterocycles. The number of likely N-dealkylation sites (N-methyl/N-ethyl adjacent to an activating group) is 1. The van der Waals surface area contributed by atoms with Crippen molar-refractivity contribution in [1.29, 1.82) is 0 Å². The van der Waals surface area contributed by atoms with Gasteiger partial charge in [-0.15, -0.1) is 0 Å². The van der Waals surface area contributed by atoms with Gasteiger partial charge < -0.3 is 5.32 Å². The van der Waals surface area contributed by atoms with Crippen molar-refractivity contribution in [2.45, 2.75) is 19.4 Å². The van der Waals surface area contributed by atoms with E-state index in [1.165, 1.54) is 11.6 Å². The van der Waals surface area contributed by atoms with Gasteiger partial charge in [0.2, 0.25) is 0 Å². The first-order valence-corrected chi connectivity index (χ1v) is 7.22. The van der Waals surface area contributed by atoms with E-state index in [9.17, 15) is 4.39 Å². The van der Waals surface area contributed by atoms with E-state index in [1.54, 1.807) is 0 Å². The van der Waals surface area contributed by atoms with Gasteiger partial charge in [-0.3, -0.25) is 0 Å². The third kappa shape index (κ3) is 3.88. The summed E-state index contributed by atoms with van der Waals surface area (Å²) < 4.78 is 13.8. The Kier molecular flexibility index (Phi) is 5.11. The van der Waals surface area contributed by atoms with Crippen molar-refractivity contribution in [2.24, 2.45) is 0 Å². The van der Waals surface area contributed by atoms with Gasteiger partial charge in [-0.05, 0) is 52.2 Å². The predicted molar refractivity (Wildman–Crippen MR) is 80.7 cm³/mol. The van der Waals surface area contributed by atoms with Crippen LogP contribution in [0.3, 0.4) is 0 Å². The molecule has 2 rings (SSSR count). The SMILES string of the molecule is CCNC(Cc1ccccc1)c1ccc(F)c(Br)c1. The topological polar surface area (TPSA) is 12.0 Å². The fourth-order valence-corrected chi connectivity index (χ4v) is 2.53. The van der Waals surface area contributed by atoms with E-state index in [1.807, 2.05) is 30.3 Å². The second-order valence-corrected chi connectivity index (χ2v) is 5.33. The molecule has 0 saturated carbocycles. The molecular weight excluding hydrogens is 305 g/mol. The van der Waals surface area contributed by atoms with Gasteiger partial charge in [-0.2, -0.15) is 0 Å². The van der Waals surface area contributed by atoms with Crippen molar-refractivity contribution in [2.75, 3.05) is 6.54 Å². The van der Waals surface area contributed by atoms with Crippen LogP contribution in [0.4, 0.5) is 4.39 Å². The summed E-state index contributed by atoms with van der Waals surface area (Å²) in [6.07, 6.45) is 0.896. The molecule has 0 radical (unpaired) electrons. The van der Waals surface area contributed by atoms with E-state index < -0.39 is 0 Å². The lowest BCUT2D eigenvalue weighted by Crippen LogP contribution is -2.23. The maximum atomic E-state index is 13.3. The van der Waals surface area contributed by atoms with E-state index in [0.29, 0.717) is 4.47 Å². The van der Waals surface area contributed by atoms with Gasteiger partial charge in [-0.25, -0.2) is 4.39 Å². The van der Waals surface area contributed by atoms with Crippen molar-refractivity contribution >= 4 is 15.9 Å². The lowest BCUT2D eigenvalue weighted by atomic mass is 9.99. The number of rotatable bonds is 5. The smallest absolute Gasteiger partial charge is 0.137 e. The largest absolute Gasteiger partial charge is 0.310 e. The number of halogens is 2. The summed E-state index contributed by atoms with van der Waals surface area (Å²) >= 11 is 3.25. The molecule has 2 aromatic carbocycles. The average Bonchev–Trinajstić information content (AvgIpc) is 2.43. The number of benzene rings is 2. The van der Waals surface area contributed by atoms with Crippen LogP contribution in [0.25, 0.3) is 0 Å². The molecule has 2 aromatic rings. The summed E-state index contributed by atoms with van der Waals surface area (Å²) in [5, 5.41) is 3.45. The highest BCUT2D eigenvalue weighted by atomic mass is 79.9. The van der Waals surface area contributed by atoms with Crippen molar-refractivity contribution in [3.63, 3.8) is 0 Å². The Morgan fingerprint density at radius 1 is 1.16 bits per heavy atom. The predicted octanol–water partition coefficient (Wildman–Crippen LogP) is 4.48. The number of hydrogen-bond donors (Lipinski definition) is 1. The molecule has 0 aliphatic rings. The van der Waals surface area contributed by atoms with Gasteiger partial charge in [0.15, 0.2) is 0 Å². The molecule has 0 bridgehead atoms. The molecule has 100 valence electrons. The Hall–Kier alpha value is -1.19. The minimum atomic E-state index is -0.223. The molecule has 1 N–H and O–H groups in total. The molecule has 19 heavy (non-hydrogen) atoms. The van der Waals surface area contributed by atoms with Gasteiger partial charge in [-0.1, -0.05) is 43.3 Å². The zero-order valence-corrected chi connectivity index (χ0v) is 12.5. The van der Waals surface area contributed by atoms with Crippen LogP contribution in [-0.4, -0.2) is 6.54 Å². The lowest BCUT2D eigenvalue weighted by Gasteiger charge is -2.19. The van der Waals surface area contributed by atoms with Crippen LogP contribution in [0.1, 0.15) is 24.1 Å². The normalized spacial score (nSPS) is 12.4. The van der Waals surface area contributed by atoms with Crippen LogP contribution in [-0.2, 0) is 6.42 Å². The van der Waals surface area contributed by atoms with Gasteiger partial charge >= 0.3 is 0 Å². The van der Waals surface area contributed by atoms with Gasteiger partial charge in [0.25, 0.3) is 0 Å². The monoisotopic (exact) mass is 321 g/mol. The van der Waals surface area contributed by atoms with Crippen molar-refractivity contribution in [3.8, 4) is 0 Å². The molecule has 1 atom stereocenters. The second-order valence-electron chi connectivity index (χ2n) is 4.47. The summed E-state index contributed by atoms with van der Waals surface area (Å²) in [5.41, 5.74) is 2.37. The van der Waals surface area contributed by atoms with Crippen LogP contribution in [0.2, 0.25) is 0 Å². The maximum Gasteiger partial charge on any atom is 0.137 e. The Morgan fingerprint density at radius 3 is 2.53 bits per heavy atom. The standard InChI is InChI=1S/C16H17BrFN/c1-2-19-16(10-12-6-4-3-5-7-12)13-8-9-15(18)14(17)11-13/h3-9,11,16,19H,2,10H2,1H3. The zero-order valence-electron chi connectivity index (χ0n) is 10.9. The maximum absolute atomic E-state index is 13.3. The van der Waals surface area contributed by atoms with Crippen molar-refractivity contribution in [3.05, 3.63) is 69.9 Å². The fourth-order valence-electron chi connectivity index (χ4n) is 2.13. The molecule has 0 saturated heterocycles. The number of nitrogens with one attached hydrogen (secondary N) is 1. The highest BCUT2D eigenvalue weighted by molar-refractivity contribution is 9.10. The molecule has 0 fully saturated rings. The molecule has 1 unspecified atom stereocenters. The molecule has 0 spiro atoms. The van der Waals surface area contributed by atoms with E-state index in [-0.39, 0.29) is 11.9 Å². The van der Waals surface area contributed by atoms with Gasteiger partial charge in [0.05, 0.1) is 4.47 Å². The number of hydrogen-bond acceptors (Lipinski definition) is 1. The molecule has 0 aliphatic heterocycles. The molecule has 0 aliphatic carbocycles. The van der Waals surface area contributed by atoms with Crippen LogP contribution >= 0.6 is 15.9 Å². The molecular formula is C16H17BrFN. The first-order valence-electron chi connectivity index (χ1n) is 6.43. The third-order valence-corrected chi connectivity index (χ3v) is 3.69. The third-order valence-electron chi connectivity index (χ3n) is 3.08. The summed E-state index contributed by atoms with van der Waals surface area (Å²) in [5.74, 6) is -0.223. The van der Waals surface area contributed by atoms with Crippen LogP contribution < -0.4 is 5.32 Å². The molecule has 1 nitrogen and oxygen atoms in total. The van der Waals surface area contributed by atoms with E-state index in [4.69, 9.17) is 0 Å². The van der Waals surface area contributed by atoms with Crippen LogP contribution in [0.15, 0.2) is 53.0 Å². The first kappa shape index (κ1) is 14.2. The highest BCUT2D eigenvalue weighted by Gasteiger charge is 2.12. The van der Waals surface area contributed by atoms with Gasteiger partial charge in [0.1, 0.15) is 5.82 Å². The average molecular weight is 322 g/mol. The minimum absolute atomic E-state index is 0.198. The molecule has 0 amide bonds. The van der Waals surface area contributed by atoms with E-state index in [2.05, 4.69) is 40.3 Å². The minimum Gasteiger partial charge on any atom is -0.310 e. The Balaban J connectivity index is 2.21. The Morgan fingerprint density at radius 2 is 1.89 bits per heavy atom. The summed E-state index contributed by atoms with van der Waals surface area (Å²) in [4.78, 5) is 0. The summed E-state index contributed by atoms with van der Waals surface area (Å²) in [7, 11) is 0. The van der Waals surface area contributed by atoms with Crippen molar-refractivity contribution in [1.82, 2.24) is 5.32 Å². The lowest BCUT2D eigenvalue weighted by molar-refractivity contribution is 0.546. The summed E-state index contributed by atoms with van der Waals surface area (Å²) in [6, 6.07) is 15.7. The zero-order chi connectivity index (χ0) is 13.7. The van der Waals surface area contributed by atoms with Crippen molar-refractivity contribution < 1.29 is 4.39 Å². The van der Waals surface area contributed by atoms with Gasteiger partial charge in [0, 0.05) is 6.04 Å².